The quantitative estimate of drug-likeness (QED) is 0.517. The lowest BCUT2D eigenvalue weighted by Crippen LogP contribution is -2.08. The maximum atomic E-state index is 11.9. The number of thioether (sulfide) groups is 1. The Labute approximate surface area is 138 Å². The van der Waals surface area contributed by atoms with Crippen LogP contribution in [0.5, 0.6) is 0 Å². The fourth-order valence-corrected chi connectivity index (χ4v) is 3.04. The van der Waals surface area contributed by atoms with Crippen molar-refractivity contribution in [3.05, 3.63) is 59.5 Å². The molecule has 0 radical (unpaired) electrons. The van der Waals surface area contributed by atoms with Crippen molar-refractivity contribution in [2.75, 3.05) is 5.75 Å². The van der Waals surface area contributed by atoms with Gasteiger partial charge in [0.15, 0.2) is 0 Å². The van der Waals surface area contributed by atoms with Gasteiger partial charge in [-0.25, -0.2) is 0 Å². The van der Waals surface area contributed by atoms with Crippen LogP contribution in [0.2, 0.25) is 0 Å². The monoisotopic (exact) mass is 327 g/mol. The van der Waals surface area contributed by atoms with Gasteiger partial charge in [-0.3, -0.25) is 4.79 Å². The van der Waals surface area contributed by atoms with Gasteiger partial charge in [-0.2, -0.15) is 0 Å². The Bertz CT molecular complexity index is 822. The highest BCUT2D eigenvalue weighted by Gasteiger charge is 2.12. The number of carbonyl (C=O) groups excluding carboxylic acids is 1. The van der Waals surface area contributed by atoms with Gasteiger partial charge in [-0.1, -0.05) is 35.5 Å². The first kappa shape index (κ1) is 15.6. The normalized spacial score (nSPS) is 10.9. The Kier molecular flexibility index (Phi) is 4.67. The smallest absolute Gasteiger partial charge is 0.316 e. The number of benzene rings is 2. The lowest BCUT2D eigenvalue weighted by Gasteiger charge is -2.05. The van der Waals surface area contributed by atoms with E-state index in [1.54, 1.807) is 0 Å². The summed E-state index contributed by atoms with van der Waals surface area (Å²) >= 11 is 1.48. The molecular weight excluding hydrogens is 310 g/mol. The van der Waals surface area contributed by atoms with Gasteiger partial charge < -0.3 is 9.26 Å². The van der Waals surface area contributed by atoms with Crippen molar-refractivity contribution in [1.82, 2.24) is 5.16 Å². The average molecular weight is 327 g/mol. The number of hydrogen-bond acceptors (Lipinski definition) is 5. The highest BCUT2D eigenvalue weighted by molar-refractivity contribution is 8.00. The summed E-state index contributed by atoms with van der Waals surface area (Å²) in [6.07, 6.45) is 0. The van der Waals surface area contributed by atoms with Crippen LogP contribution in [0.1, 0.15) is 17.0 Å². The van der Waals surface area contributed by atoms with E-state index in [0.717, 1.165) is 16.2 Å². The Balaban J connectivity index is 1.55. The van der Waals surface area contributed by atoms with Crippen molar-refractivity contribution in [3.63, 3.8) is 0 Å². The van der Waals surface area contributed by atoms with E-state index in [-0.39, 0.29) is 18.3 Å². The largest absolute Gasteiger partial charge is 0.460 e. The number of aromatic nitrogens is 1. The lowest BCUT2D eigenvalue weighted by molar-refractivity contribution is -0.141. The van der Waals surface area contributed by atoms with Crippen molar-refractivity contribution in [2.45, 2.75) is 25.3 Å². The second-order valence-electron chi connectivity index (χ2n) is 5.26. The van der Waals surface area contributed by atoms with Crippen LogP contribution in [-0.2, 0) is 16.1 Å². The Hall–Kier alpha value is -2.27. The predicted octanol–water partition coefficient (Wildman–Crippen LogP) is 4.28. The molecule has 3 aromatic rings. The lowest BCUT2D eigenvalue weighted by atomic mass is 10.1. The third-order valence-corrected chi connectivity index (χ3v) is 4.60. The molecule has 4 nitrogen and oxygen atoms in total. The molecular formula is C18H17NO3S. The van der Waals surface area contributed by atoms with Gasteiger partial charge in [0.1, 0.15) is 12.4 Å². The first-order chi connectivity index (χ1) is 11.1. The number of aryl methyl sites for hydroxylation is 2. The summed E-state index contributed by atoms with van der Waals surface area (Å²) < 4.78 is 10.3. The molecule has 0 fully saturated rings. The van der Waals surface area contributed by atoms with Gasteiger partial charge in [-0.15, -0.1) is 11.8 Å². The third-order valence-electron chi connectivity index (χ3n) is 3.64. The topological polar surface area (TPSA) is 52.3 Å². The summed E-state index contributed by atoms with van der Waals surface area (Å²) in [4.78, 5) is 13.0. The maximum Gasteiger partial charge on any atom is 0.316 e. The minimum atomic E-state index is -0.247. The van der Waals surface area contributed by atoms with Crippen LogP contribution in [0.4, 0.5) is 0 Å². The standard InChI is InChI=1S/C18H17NO3S/c1-12-17(13(2)22-19-12)10-21-18(20)11-23-16-8-7-14-5-3-4-6-15(14)9-16/h3-9H,10-11H2,1-2H3. The fourth-order valence-electron chi connectivity index (χ4n) is 2.30. The van der Waals surface area contributed by atoms with Crippen LogP contribution in [0.25, 0.3) is 10.8 Å². The van der Waals surface area contributed by atoms with Crippen molar-refractivity contribution in [3.8, 4) is 0 Å². The van der Waals surface area contributed by atoms with Crippen LogP contribution in [0.3, 0.4) is 0 Å². The van der Waals surface area contributed by atoms with E-state index in [4.69, 9.17) is 9.26 Å². The number of nitrogens with zero attached hydrogens (tertiary/aromatic N) is 1. The van der Waals surface area contributed by atoms with Crippen molar-refractivity contribution >= 4 is 28.5 Å². The molecule has 5 heteroatoms. The van der Waals surface area contributed by atoms with Crippen LogP contribution in [0.15, 0.2) is 51.9 Å². The third kappa shape index (κ3) is 3.74. The Morgan fingerprint density at radius 2 is 1.96 bits per heavy atom. The molecule has 1 aromatic heterocycles. The summed E-state index contributed by atoms with van der Waals surface area (Å²) in [6, 6.07) is 14.3. The molecule has 0 amide bonds. The molecule has 0 atom stereocenters. The van der Waals surface area contributed by atoms with Crippen LogP contribution in [0, 0.1) is 13.8 Å². The highest BCUT2D eigenvalue weighted by atomic mass is 32.2. The highest BCUT2D eigenvalue weighted by Crippen LogP contribution is 2.24. The summed E-state index contributed by atoms with van der Waals surface area (Å²) in [5.41, 5.74) is 1.60. The molecule has 0 aliphatic carbocycles. The Morgan fingerprint density at radius 3 is 2.70 bits per heavy atom. The number of hydrogen-bond donors (Lipinski definition) is 0. The minimum absolute atomic E-state index is 0.207. The molecule has 0 saturated carbocycles. The summed E-state index contributed by atoms with van der Waals surface area (Å²) in [6.45, 7) is 3.86. The zero-order valence-electron chi connectivity index (χ0n) is 13.0. The number of rotatable bonds is 5. The van der Waals surface area contributed by atoms with Gasteiger partial charge in [-0.05, 0) is 36.8 Å². The molecule has 0 N–H and O–H groups in total. The molecule has 118 valence electrons. The molecule has 2 aromatic carbocycles. The summed E-state index contributed by atoms with van der Waals surface area (Å²) in [5.74, 6) is 0.725. The van der Waals surface area contributed by atoms with Crippen molar-refractivity contribution in [1.29, 1.82) is 0 Å². The molecule has 0 unspecified atom stereocenters. The van der Waals surface area contributed by atoms with E-state index in [9.17, 15) is 4.79 Å². The predicted molar refractivity (Wildman–Crippen MR) is 90.4 cm³/mol. The fraction of sp³-hybridized carbons (Fsp3) is 0.222. The molecule has 23 heavy (non-hydrogen) atoms. The van der Waals surface area contributed by atoms with E-state index in [2.05, 4.69) is 29.4 Å². The summed E-state index contributed by atoms with van der Waals surface area (Å²) in [5, 5.41) is 6.21. The molecule has 0 bridgehead atoms. The first-order valence-electron chi connectivity index (χ1n) is 7.32. The van der Waals surface area contributed by atoms with E-state index < -0.39 is 0 Å². The first-order valence-corrected chi connectivity index (χ1v) is 8.31. The van der Waals surface area contributed by atoms with Crippen LogP contribution >= 0.6 is 11.8 Å². The Morgan fingerprint density at radius 1 is 1.17 bits per heavy atom. The summed E-state index contributed by atoms with van der Waals surface area (Å²) in [7, 11) is 0. The maximum absolute atomic E-state index is 11.9. The van der Waals surface area contributed by atoms with E-state index in [1.807, 2.05) is 32.0 Å². The molecule has 0 spiro atoms. The van der Waals surface area contributed by atoms with Crippen molar-refractivity contribution < 1.29 is 14.1 Å². The van der Waals surface area contributed by atoms with Gasteiger partial charge in [0, 0.05) is 4.90 Å². The molecule has 3 rings (SSSR count). The average Bonchev–Trinajstić information content (AvgIpc) is 2.89. The second kappa shape index (κ2) is 6.87. The minimum Gasteiger partial charge on any atom is -0.460 e. The van der Waals surface area contributed by atoms with Gasteiger partial charge in [0.05, 0.1) is 17.0 Å². The molecule has 1 heterocycles. The molecule has 0 aliphatic rings. The van der Waals surface area contributed by atoms with Crippen molar-refractivity contribution in [2.24, 2.45) is 0 Å². The van der Waals surface area contributed by atoms with E-state index in [0.29, 0.717) is 5.76 Å². The molecule has 0 saturated heterocycles. The number of carbonyl (C=O) groups is 1. The van der Waals surface area contributed by atoms with Gasteiger partial charge in [0.25, 0.3) is 0 Å². The van der Waals surface area contributed by atoms with E-state index >= 15 is 0 Å². The van der Waals surface area contributed by atoms with Crippen LogP contribution < -0.4 is 0 Å². The second-order valence-corrected chi connectivity index (χ2v) is 6.31. The van der Waals surface area contributed by atoms with Gasteiger partial charge in [0.2, 0.25) is 0 Å². The zero-order chi connectivity index (χ0) is 16.2. The number of fused-ring (bicyclic) bond motifs is 1. The number of esters is 1. The molecule has 0 aliphatic heterocycles. The van der Waals surface area contributed by atoms with Gasteiger partial charge >= 0.3 is 5.97 Å². The SMILES string of the molecule is Cc1noc(C)c1COC(=O)CSc1ccc2ccccc2c1. The number of ether oxygens (including phenoxy) is 1. The van der Waals surface area contributed by atoms with E-state index in [1.165, 1.54) is 22.5 Å². The zero-order valence-corrected chi connectivity index (χ0v) is 13.9. The van der Waals surface area contributed by atoms with Crippen LogP contribution in [-0.4, -0.2) is 16.9 Å².